The SMILES string of the molecule is CC1(C(=O)NCCc2ccccc2)CCN1CCc1ccccc1. The second-order valence-electron chi connectivity index (χ2n) is 6.74. The Labute approximate surface area is 144 Å². The fraction of sp³-hybridized carbons (Fsp3) is 0.381. The summed E-state index contributed by atoms with van der Waals surface area (Å²) >= 11 is 0. The predicted molar refractivity (Wildman–Crippen MR) is 97.9 cm³/mol. The molecule has 0 bridgehead atoms. The topological polar surface area (TPSA) is 32.3 Å². The van der Waals surface area contributed by atoms with Crippen molar-refractivity contribution in [1.82, 2.24) is 10.2 Å². The molecule has 2 aromatic carbocycles. The molecule has 1 fully saturated rings. The maximum Gasteiger partial charge on any atom is 0.240 e. The van der Waals surface area contributed by atoms with E-state index in [1.54, 1.807) is 0 Å². The van der Waals surface area contributed by atoms with Gasteiger partial charge >= 0.3 is 0 Å². The lowest BCUT2D eigenvalue weighted by Gasteiger charge is -2.49. The largest absolute Gasteiger partial charge is 0.354 e. The summed E-state index contributed by atoms with van der Waals surface area (Å²) in [7, 11) is 0. The number of carbonyl (C=O) groups excluding carboxylic acids is 1. The highest BCUT2D eigenvalue weighted by molar-refractivity contribution is 5.86. The summed E-state index contributed by atoms with van der Waals surface area (Å²) in [5.41, 5.74) is 2.25. The van der Waals surface area contributed by atoms with Gasteiger partial charge in [-0.1, -0.05) is 60.7 Å². The third-order valence-corrected chi connectivity index (χ3v) is 5.11. The van der Waals surface area contributed by atoms with Crippen LogP contribution < -0.4 is 5.32 Å². The van der Waals surface area contributed by atoms with E-state index >= 15 is 0 Å². The third-order valence-electron chi connectivity index (χ3n) is 5.11. The van der Waals surface area contributed by atoms with Crippen LogP contribution in [-0.4, -0.2) is 36.0 Å². The summed E-state index contributed by atoms with van der Waals surface area (Å²) in [5, 5.41) is 3.12. The number of nitrogens with one attached hydrogen (secondary N) is 1. The second kappa shape index (κ2) is 7.63. The zero-order chi connectivity index (χ0) is 16.8. The molecule has 2 aromatic rings. The summed E-state index contributed by atoms with van der Waals surface area (Å²) < 4.78 is 0. The molecule has 0 radical (unpaired) electrons. The molecule has 1 unspecified atom stereocenters. The number of hydrogen-bond donors (Lipinski definition) is 1. The Morgan fingerprint density at radius 3 is 2.12 bits per heavy atom. The van der Waals surface area contributed by atoms with Crippen LogP contribution in [0.4, 0.5) is 0 Å². The van der Waals surface area contributed by atoms with E-state index in [1.807, 2.05) is 24.3 Å². The Hall–Kier alpha value is -2.13. The van der Waals surface area contributed by atoms with Crippen molar-refractivity contribution in [1.29, 1.82) is 0 Å². The molecule has 0 aliphatic carbocycles. The van der Waals surface area contributed by atoms with Crippen molar-refractivity contribution in [2.45, 2.75) is 31.7 Å². The van der Waals surface area contributed by atoms with Crippen LogP contribution >= 0.6 is 0 Å². The molecule has 3 nitrogen and oxygen atoms in total. The highest BCUT2D eigenvalue weighted by Gasteiger charge is 2.46. The lowest BCUT2D eigenvalue weighted by Crippen LogP contribution is -2.66. The van der Waals surface area contributed by atoms with Crippen LogP contribution in [0.25, 0.3) is 0 Å². The summed E-state index contributed by atoms with van der Waals surface area (Å²) in [5.74, 6) is 0.165. The molecule has 1 atom stereocenters. The number of amides is 1. The summed E-state index contributed by atoms with van der Waals surface area (Å²) in [6.45, 7) is 4.71. The van der Waals surface area contributed by atoms with E-state index < -0.39 is 0 Å². The monoisotopic (exact) mass is 322 g/mol. The summed E-state index contributed by atoms with van der Waals surface area (Å²) in [6, 6.07) is 20.8. The van der Waals surface area contributed by atoms with Crippen molar-refractivity contribution >= 4 is 5.91 Å². The van der Waals surface area contributed by atoms with Gasteiger partial charge in [0.2, 0.25) is 5.91 Å². The normalized spacial score (nSPS) is 20.4. The Bertz CT molecular complexity index is 656. The van der Waals surface area contributed by atoms with E-state index in [-0.39, 0.29) is 11.4 Å². The van der Waals surface area contributed by atoms with Crippen LogP contribution in [0.3, 0.4) is 0 Å². The standard InChI is InChI=1S/C21H26N2O/c1-21(20(24)22-15-12-18-8-4-2-5-9-18)14-17-23(21)16-13-19-10-6-3-7-11-19/h2-11H,12-17H2,1H3,(H,22,24). The zero-order valence-electron chi connectivity index (χ0n) is 14.4. The van der Waals surface area contributed by atoms with Crippen molar-refractivity contribution in [3.63, 3.8) is 0 Å². The highest BCUT2D eigenvalue weighted by Crippen LogP contribution is 2.30. The molecule has 24 heavy (non-hydrogen) atoms. The molecular weight excluding hydrogens is 296 g/mol. The minimum atomic E-state index is -0.342. The molecule has 3 heteroatoms. The lowest BCUT2D eigenvalue weighted by molar-refractivity contribution is -0.140. The molecule has 0 spiro atoms. The Morgan fingerprint density at radius 2 is 1.58 bits per heavy atom. The van der Waals surface area contributed by atoms with Gasteiger partial charge in [0.25, 0.3) is 0 Å². The van der Waals surface area contributed by atoms with Crippen molar-refractivity contribution in [3.05, 3.63) is 71.8 Å². The van der Waals surface area contributed by atoms with Crippen molar-refractivity contribution < 1.29 is 4.79 Å². The fourth-order valence-electron chi connectivity index (χ4n) is 3.29. The van der Waals surface area contributed by atoms with Crippen LogP contribution in [0, 0.1) is 0 Å². The van der Waals surface area contributed by atoms with Crippen LogP contribution in [0.15, 0.2) is 60.7 Å². The minimum absolute atomic E-state index is 0.165. The molecule has 1 saturated heterocycles. The first-order valence-corrected chi connectivity index (χ1v) is 8.80. The maximum atomic E-state index is 12.6. The maximum absolute atomic E-state index is 12.6. The third kappa shape index (κ3) is 3.85. The highest BCUT2D eigenvalue weighted by atomic mass is 16.2. The summed E-state index contributed by atoms with van der Waals surface area (Å²) in [4.78, 5) is 14.9. The average Bonchev–Trinajstić information content (AvgIpc) is 2.62. The van der Waals surface area contributed by atoms with Gasteiger partial charge in [-0.3, -0.25) is 9.69 Å². The zero-order valence-corrected chi connectivity index (χ0v) is 14.4. The van der Waals surface area contributed by atoms with Gasteiger partial charge in [-0.05, 0) is 37.3 Å². The summed E-state index contributed by atoms with van der Waals surface area (Å²) in [6.07, 6.45) is 2.82. The van der Waals surface area contributed by atoms with Gasteiger partial charge in [-0.15, -0.1) is 0 Å². The predicted octanol–water partition coefficient (Wildman–Crippen LogP) is 3.05. The number of rotatable bonds is 7. The quantitative estimate of drug-likeness (QED) is 0.850. The molecule has 0 saturated carbocycles. The van der Waals surface area contributed by atoms with Gasteiger partial charge in [-0.2, -0.15) is 0 Å². The minimum Gasteiger partial charge on any atom is -0.354 e. The molecular formula is C21H26N2O. The number of carbonyl (C=O) groups is 1. The number of nitrogens with zero attached hydrogens (tertiary/aromatic N) is 1. The second-order valence-corrected chi connectivity index (χ2v) is 6.74. The van der Waals surface area contributed by atoms with Crippen LogP contribution in [0.5, 0.6) is 0 Å². The molecule has 3 rings (SSSR count). The van der Waals surface area contributed by atoms with E-state index in [9.17, 15) is 4.79 Å². The number of benzene rings is 2. The van der Waals surface area contributed by atoms with Gasteiger partial charge in [0.1, 0.15) is 0 Å². The Balaban J connectivity index is 1.46. The van der Waals surface area contributed by atoms with Crippen LogP contribution in [0.2, 0.25) is 0 Å². The fourth-order valence-corrected chi connectivity index (χ4v) is 3.29. The Morgan fingerprint density at radius 1 is 1.00 bits per heavy atom. The molecule has 1 aliphatic rings. The molecule has 126 valence electrons. The molecule has 1 amide bonds. The molecule has 1 N–H and O–H groups in total. The van der Waals surface area contributed by atoms with Crippen molar-refractivity contribution in [3.8, 4) is 0 Å². The first kappa shape index (κ1) is 16.7. The van der Waals surface area contributed by atoms with E-state index in [0.29, 0.717) is 6.54 Å². The van der Waals surface area contributed by atoms with Crippen molar-refractivity contribution in [2.24, 2.45) is 0 Å². The van der Waals surface area contributed by atoms with E-state index in [1.165, 1.54) is 11.1 Å². The van der Waals surface area contributed by atoms with Gasteiger partial charge in [-0.25, -0.2) is 0 Å². The van der Waals surface area contributed by atoms with Gasteiger partial charge in [0, 0.05) is 19.6 Å². The van der Waals surface area contributed by atoms with Crippen molar-refractivity contribution in [2.75, 3.05) is 19.6 Å². The van der Waals surface area contributed by atoms with Gasteiger partial charge in [0.15, 0.2) is 0 Å². The smallest absolute Gasteiger partial charge is 0.240 e. The number of hydrogen-bond acceptors (Lipinski definition) is 2. The average molecular weight is 322 g/mol. The molecule has 0 aromatic heterocycles. The van der Waals surface area contributed by atoms with Crippen LogP contribution in [0.1, 0.15) is 24.5 Å². The van der Waals surface area contributed by atoms with Gasteiger partial charge in [0.05, 0.1) is 5.54 Å². The molecule has 1 aliphatic heterocycles. The molecule has 1 heterocycles. The van der Waals surface area contributed by atoms with Crippen LogP contribution in [-0.2, 0) is 17.6 Å². The van der Waals surface area contributed by atoms with E-state index in [2.05, 4.69) is 53.5 Å². The van der Waals surface area contributed by atoms with E-state index in [0.717, 1.165) is 32.4 Å². The number of likely N-dealkylation sites (tertiary alicyclic amines) is 1. The first-order chi connectivity index (χ1) is 11.7. The first-order valence-electron chi connectivity index (χ1n) is 8.80. The Kier molecular flexibility index (Phi) is 5.31. The van der Waals surface area contributed by atoms with Gasteiger partial charge < -0.3 is 5.32 Å². The van der Waals surface area contributed by atoms with E-state index in [4.69, 9.17) is 0 Å². The lowest BCUT2D eigenvalue weighted by atomic mass is 9.85.